The maximum atomic E-state index is 12.6. The summed E-state index contributed by atoms with van der Waals surface area (Å²) in [5.41, 5.74) is 1.12. The lowest BCUT2D eigenvalue weighted by Crippen LogP contribution is -2.27. The van der Waals surface area contributed by atoms with Crippen LogP contribution in [0.15, 0.2) is 59.2 Å². The molecular formula is C21H22BrN3O4. The van der Waals surface area contributed by atoms with Crippen molar-refractivity contribution in [3.05, 3.63) is 70.5 Å². The Balaban J connectivity index is 1.63. The topological polar surface area (TPSA) is 74.6 Å². The fourth-order valence-electron chi connectivity index (χ4n) is 2.75. The van der Waals surface area contributed by atoms with Gasteiger partial charge < -0.3 is 19.5 Å². The average molecular weight is 460 g/mol. The summed E-state index contributed by atoms with van der Waals surface area (Å²) < 4.78 is 18.9. The number of nitrogens with one attached hydrogen (secondary N) is 1. The van der Waals surface area contributed by atoms with Crippen LogP contribution in [-0.2, 0) is 6.73 Å². The molecule has 152 valence electrons. The van der Waals surface area contributed by atoms with Crippen molar-refractivity contribution in [2.45, 2.75) is 19.7 Å². The van der Waals surface area contributed by atoms with Crippen LogP contribution in [-0.4, -0.2) is 29.9 Å². The lowest BCUT2D eigenvalue weighted by molar-refractivity contribution is 0.0932. The number of carbonyl (C=O) groups excluding carboxylic acids is 1. The van der Waals surface area contributed by atoms with Crippen molar-refractivity contribution < 1.29 is 19.0 Å². The summed E-state index contributed by atoms with van der Waals surface area (Å²) in [6.07, 6.45) is 1.70. The van der Waals surface area contributed by atoms with Crippen molar-refractivity contribution in [1.82, 2.24) is 15.1 Å². The van der Waals surface area contributed by atoms with Crippen molar-refractivity contribution in [1.29, 1.82) is 0 Å². The molecule has 0 aliphatic heterocycles. The molecule has 3 rings (SSSR count). The number of hydrogen-bond acceptors (Lipinski definition) is 5. The van der Waals surface area contributed by atoms with Crippen LogP contribution < -0.4 is 19.5 Å². The number of nitrogens with zero attached hydrogens (tertiary/aromatic N) is 2. The highest BCUT2D eigenvalue weighted by Crippen LogP contribution is 2.29. The van der Waals surface area contributed by atoms with Gasteiger partial charge in [-0.15, -0.1) is 0 Å². The van der Waals surface area contributed by atoms with E-state index in [1.54, 1.807) is 31.2 Å². The molecule has 7 nitrogen and oxygen atoms in total. The van der Waals surface area contributed by atoms with Gasteiger partial charge in [0, 0.05) is 16.2 Å². The molecule has 0 saturated heterocycles. The SMILES string of the molecule is COc1ccc(OC)c(C(C)NC(=O)c2ccn(COc3ccc(Br)cc3)n2)c1. The van der Waals surface area contributed by atoms with Gasteiger partial charge in [-0.1, -0.05) is 15.9 Å². The Hall–Kier alpha value is -3.00. The van der Waals surface area contributed by atoms with Crippen molar-refractivity contribution in [2.24, 2.45) is 0 Å². The smallest absolute Gasteiger partial charge is 0.272 e. The van der Waals surface area contributed by atoms with E-state index in [-0.39, 0.29) is 18.7 Å². The van der Waals surface area contributed by atoms with Crippen LogP contribution in [0.3, 0.4) is 0 Å². The highest BCUT2D eigenvalue weighted by atomic mass is 79.9. The fourth-order valence-corrected chi connectivity index (χ4v) is 3.02. The maximum Gasteiger partial charge on any atom is 0.272 e. The number of aromatic nitrogens is 2. The van der Waals surface area contributed by atoms with Crippen LogP contribution >= 0.6 is 15.9 Å². The molecule has 29 heavy (non-hydrogen) atoms. The molecule has 1 aromatic heterocycles. The quantitative estimate of drug-likeness (QED) is 0.546. The minimum absolute atomic E-state index is 0.203. The molecule has 0 aliphatic rings. The number of hydrogen-bond donors (Lipinski definition) is 1. The predicted octanol–water partition coefficient (Wildman–Crippen LogP) is 4.19. The number of carbonyl (C=O) groups is 1. The minimum Gasteiger partial charge on any atom is -0.497 e. The summed E-state index contributed by atoms with van der Waals surface area (Å²) >= 11 is 3.38. The monoisotopic (exact) mass is 459 g/mol. The highest BCUT2D eigenvalue weighted by molar-refractivity contribution is 9.10. The van der Waals surface area contributed by atoms with Gasteiger partial charge in [0.15, 0.2) is 6.73 Å². The molecule has 0 fully saturated rings. The molecule has 0 saturated carbocycles. The summed E-state index contributed by atoms with van der Waals surface area (Å²) in [6, 6.07) is 14.3. The number of ether oxygens (including phenoxy) is 3. The van der Waals surface area contributed by atoms with Crippen LogP contribution in [0.25, 0.3) is 0 Å². The molecule has 0 aliphatic carbocycles. The summed E-state index contributed by atoms with van der Waals surface area (Å²) in [5.74, 6) is 1.79. The van der Waals surface area contributed by atoms with E-state index in [4.69, 9.17) is 14.2 Å². The molecule has 1 amide bonds. The number of amides is 1. The third-order valence-electron chi connectivity index (χ3n) is 4.30. The molecule has 2 aromatic carbocycles. The third kappa shape index (κ3) is 5.29. The molecular weight excluding hydrogens is 438 g/mol. The molecule has 0 bridgehead atoms. The van der Waals surface area contributed by atoms with Gasteiger partial charge in [0.05, 0.1) is 20.3 Å². The van der Waals surface area contributed by atoms with Crippen LogP contribution in [0, 0.1) is 0 Å². The maximum absolute atomic E-state index is 12.6. The molecule has 1 heterocycles. The first kappa shape index (κ1) is 20.7. The van der Waals surface area contributed by atoms with Gasteiger partial charge in [-0.05, 0) is 55.5 Å². The largest absolute Gasteiger partial charge is 0.497 e. The Morgan fingerprint density at radius 1 is 1.10 bits per heavy atom. The van der Waals surface area contributed by atoms with E-state index in [1.165, 1.54) is 0 Å². The van der Waals surface area contributed by atoms with Gasteiger partial charge in [-0.25, -0.2) is 4.68 Å². The Labute approximate surface area is 177 Å². The molecule has 0 spiro atoms. The second-order valence-corrected chi connectivity index (χ2v) is 7.19. The zero-order valence-electron chi connectivity index (χ0n) is 16.4. The summed E-state index contributed by atoms with van der Waals surface area (Å²) in [6.45, 7) is 2.08. The average Bonchev–Trinajstić information content (AvgIpc) is 3.22. The molecule has 0 radical (unpaired) electrons. The van der Waals surface area contributed by atoms with Gasteiger partial charge in [0.2, 0.25) is 0 Å². The second kappa shape index (κ2) is 9.47. The number of benzene rings is 2. The van der Waals surface area contributed by atoms with E-state index in [9.17, 15) is 4.79 Å². The van der Waals surface area contributed by atoms with E-state index < -0.39 is 0 Å². The standard InChI is InChI=1S/C21H22BrN3O4/c1-14(18-12-17(27-2)8-9-20(18)28-3)23-21(26)19-10-11-25(24-19)13-29-16-6-4-15(22)5-7-16/h4-12,14H,13H2,1-3H3,(H,23,26). The number of methoxy groups -OCH3 is 2. The van der Waals surface area contributed by atoms with Gasteiger partial charge in [0.1, 0.15) is 22.9 Å². The van der Waals surface area contributed by atoms with Crippen molar-refractivity contribution in [2.75, 3.05) is 14.2 Å². The van der Waals surface area contributed by atoms with Crippen LogP contribution in [0.1, 0.15) is 29.0 Å². The zero-order valence-corrected chi connectivity index (χ0v) is 18.0. The zero-order chi connectivity index (χ0) is 20.8. The van der Waals surface area contributed by atoms with Gasteiger partial charge in [0.25, 0.3) is 5.91 Å². The molecule has 1 N–H and O–H groups in total. The van der Waals surface area contributed by atoms with E-state index in [0.717, 1.165) is 10.0 Å². The normalized spacial score (nSPS) is 11.6. The molecule has 1 unspecified atom stereocenters. The van der Waals surface area contributed by atoms with Crippen molar-refractivity contribution >= 4 is 21.8 Å². The lowest BCUT2D eigenvalue weighted by Gasteiger charge is -2.17. The predicted molar refractivity (Wildman–Crippen MR) is 112 cm³/mol. The van der Waals surface area contributed by atoms with Crippen molar-refractivity contribution in [3.8, 4) is 17.2 Å². The Morgan fingerprint density at radius 2 is 1.83 bits per heavy atom. The Bertz CT molecular complexity index is 972. The van der Waals surface area contributed by atoms with Gasteiger partial charge in [-0.2, -0.15) is 5.10 Å². The first-order chi connectivity index (χ1) is 14.0. The fraction of sp³-hybridized carbons (Fsp3) is 0.238. The van der Waals surface area contributed by atoms with Crippen molar-refractivity contribution in [3.63, 3.8) is 0 Å². The Kier molecular flexibility index (Phi) is 6.77. The summed E-state index contributed by atoms with van der Waals surface area (Å²) in [4.78, 5) is 12.6. The number of halogens is 1. The summed E-state index contributed by atoms with van der Waals surface area (Å²) in [5, 5.41) is 7.22. The molecule has 8 heteroatoms. The van der Waals surface area contributed by atoms with Crippen LogP contribution in [0.4, 0.5) is 0 Å². The Morgan fingerprint density at radius 3 is 2.52 bits per heavy atom. The van der Waals surface area contributed by atoms with Gasteiger partial charge in [-0.3, -0.25) is 4.79 Å². The first-order valence-corrected chi connectivity index (χ1v) is 9.74. The third-order valence-corrected chi connectivity index (χ3v) is 4.83. The first-order valence-electron chi connectivity index (χ1n) is 8.94. The molecule has 3 aromatic rings. The highest BCUT2D eigenvalue weighted by Gasteiger charge is 2.18. The number of rotatable bonds is 8. The van der Waals surface area contributed by atoms with E-state index in [0.29, 0.717) is 22.9 Å². The summed E-state index contributed by atoms with van der Waals surface area (Å²) in [7, 11) is 3.19. The van der Waals surface area contributed by atoms with E-state index >= 15 is 0 Å². The lowest BCUT2D eigenvalue weighted by atomic mass is 10.1. The van der Waals surface area contributed by atoms with Gasteiger partial charge >= 0.3 is 0 Å². The second-order valence-electron chi connectivity index (χ2n) is 6.27. The van der Waals surface area contributed by atoms with E-state index in [2.05, 4.69) is 26.3 Å². The minimum atomic E-state index is -0.295. The van der Waals surface area contributed by atoms with E-state index in [1.807, 2.05) is 49.4 Å². The van der Waals surface area contributed by atoms with Crippen LogP contribution in [0.2, 0.25) is 0 Å². The van der Waals surface area contributed by atoms with Crippen LogP contribution in [0.5, 0.6) is 17.2 Å². The molecule has 1 atom stereocenters.